The van der Waals surface area contributed by atoms with E-state index in [9.17, 15) is 0 Å². The van der Waals surface area contributed by atoms with Gasteiger partial charge in [0.25, 0.3) is 0 Å². The highest BCUT2D eigenvalue weighted by atomic mass is 14.3. The van der Waals surface area contributed by atoms with E-state index in [4.69, 9.17) is 0 Å². The third-order valence-electron chi connectivity index (χ3n) is 9.39. The SMILES string of the molecule is CCc1c(C)c(C)c(-c2c(C)c(C)c(-c3c(C)c(C)c(CC)c(C)c3C)c(C)c2C)c(C)c1C. The standard InChI is InChI=1S/C34H46/c1-15-29-17(3)21(7)31(22(8)18(29)4)33-25(11)27(13)34(28(14)26(33)12)32-23(9)19(5)30(16-2)20(6)24(32)10/h15-16H2,1-14H3. The summed E-state index contributed by atoms with van der Waals surface area (Å²) < 4.78 is 0. The van der Waals surface area contributed by atoms with E-state index in [-0.39, 0.29) is 0 Å². The van der Waals surface area contributed by atoms with E-state index >= 15 is 0 Å². The van der Waals surface area contributed by atoms with Gasteiger partial charge in [-0.2, -0.15) is 0 Å². The Morgan fingerprint density at radius 1 is 0.265 bits per heavy atom. The minimum atomic E-state index is 1.10. The lowest BCUT2D eigenvalue weighted by atomic mass is 9.76. The molecule has 0 saturated carbocycles. The van der Waals surface area contributed by atoms with E-state index in [1.807, 2.05) is 0 Å². The molecule has 0 amide bonds. The zero-order valence-corrected chi connectivity index (χ0v) is 24.4. The van der Waals surface area contributed by atoms with Crippen molar-refractivity contribution in [2.45, 2.75) is 110 Å². The third-order valence-corrected chi connectivity index (χ3v) is 9.39. The largest absolute Gasteiger partial charge is 0.0613 e. The first-order chi connectivity index (χ1) is 15.8. The summed E-state index contributed by atoms with van der Waals surface area (Å²) in [4.78, 5) is 0. The summed E-state index contributed by atoms with van der Waals surface area (Å²) in [5.41, 5.74) is 26.2. The molecule has 0 unspecified atom stereocenters. The Hall–Kier alpha value is -2.34. The van der Waals surface area contributed by atoms with Crippen LogP contribution in [0, 0.1) is 83.1 Å². The van der Waals surface area contributed by atoms with Gasteiger partial charge in [-0.15, -0.1) is 0 Å². The minimum absolute atomic E-state index is 1.10. The monoisotopic (exact) mass is 454 g/mol. The van der Waals surface area contributed by atoms with Gasteiger partial charge in [-0.05, 0) is 196 Å². The minimum Gasteiger partial charge on any atom is -0.0613 e. The van der Waals surface area contributed by atoms with E-state index in [1.165, 1.54) is 100 Å². The maximum atomic E-state index is 2.35. The van der Waals surface area contributed by atoms with E-state index in [2.05, 4.69) is 96.9 Å². The Bertz CT molecular complexity index is 1120. The van der Waals surface area contributed by atoms with Crippen molar-refractivity contribution in [1.82, 2.24) is 0 Å². The second-order valence-electron chi connectivity index (χ2n) is 10.7. The Kier molecular flexibility index (Phi) is 7.24. The van der Waals surface area contributed by atoms with Crippen LogP contribution in [0.5, 0.6) is 0 Å². The first kappa shape index (κ1) is 26.3. The van der Waals surface area contributed by atoms with Crippen LogP contribution in [-0.4, -0.2) is 0 Å². The summed E-state index contributed by atoms with van der Waals surface area (Å²) in [7, 11) is 0. The van der Waals surface area contributed by atoms with Crippen LogP contribution in [0.15, 0.2) is 0 Å². The number of hydrogen-bond donors (Lipinski definition) is 0. The molecule has 0 aliphatic heterocycles. The summed E-state index contributed by atoms with van der Waals surface area (Å²) in [6.07, 6.45) is 2.19. The maximum Gasteiger partial charge on any atom is -0.0114 e. The summed E-state index contributed by atoms with van der Waals surface area (Å²) in [6, 6.07) is 0. The predicted molar refractivity (Wildman–Crippen MR) is 153 cm³/mol. The van der Waals surface area contributed by atoms with Crippen LogP contribution < -0.4 is 0 Å². The highest BCUT2D eigenvalue weighted by Crippen LogP contribution is 2.45. The molecule has 0 aliphatic carbocycles. The Labute approximate surface area is 209 Å². The summed E-state index contributed by atoms with van der Waals surface area (Å²) >= 11 is 0. The van der Waals surface area contributed by atoms with Crippen LogP contribution in [0.4, 0.5) is 0 Å². The quantitative estimate of drug-likeness (QED) is 0.368. The molecule has 3 aromatic carbocycles. The van der Waals surface area contributed by atoms with E-state index in [0.29, 0.717) is 0 Å². The van der Waals surface area contributed by atoms with Crippen LogP contribution in [0.3, 0.4) is 0 Å². The van der Waals surface area contributed by atoms with E-state index in [0.717, 1.165) is 12.8 Å². The van der Waals surface area contributed by atoms with E-state index in [1.54, 1.807) is 0 Å². The number of benzene rings is 3. The second-order valence-corrected chi connectivity index (χ2v) is 10.7. The summed E-state index contributed by atoms with van der Waals surface area (Å²) in [6.45, 7) is 32.6. The molecule has 0 aromatic heterocycles. The van der Waals surface area contributed by atoms with Gasteiger partial charge in [-0.3, -0.25) is 0 Å². The van der Waals surface area contributed by atoms with Gasteiger partial charge in [0.2, 0.25) is 0 Å². The van der Waals surface area contributed by atoms with Crippen molar-refractivity contribution in [3.05, 3.63) is 77.9 Å². The Balaban J connectivity index is 2.48. The summed E-state index contributed by atoms with van der Waals surface area (Å²) in [5, 5.41) is 0. The van der Waals surface area contributed by atoms with Gasteiger partial charge in [0.1, 0.15) is 0 Å². The molecule has 0 nitrogen and oxygen atoms in total. The van der Waals surface area contributed by atoms with Gasteiger partial charge in [-0.25, -0.2) is 0 Å². The van der Waals surface area contributed by atoms with Gasteiger partial charge < -0.3 is 0 Å². The van der Waals surface area contributed by atoms with Gasteiger partial charge in [0.15, 0.2) is 0 Å². The molecule has 0 heterocycles. The lowest BCUT2D eigenvalue weighted by Gasteiger charge is -2.28. The molecule has 0 fully saturated rings. The van der Waals surface area contributed by atoms with Crippen LogP contribution in [0.1, 0.15) is 91.7 Å². The molecule has 3 rings (SSSR count). The lowest BCUT2D eigenvalue weighted by molar-refractivity contribution is 1.05. The molecular weight excluding hydrogens is 408 g/mol. The van der Waals surface area contributed by atoms with Crippen molar-refractivity contribution in [3.8, 4) is 22.3 Å². The molecule has 0 N–H and O–H groups in total. The van der Waals surface area contributed by atoms with Gasteiger partial charge in [0, 0.05) is 0 Å². The molecule has 0 spiro atoms. The lowest BCUT2D eigenvalue weighted by Crippen LogP contribution is -2.08. The van der Waals surface area contributed by atoms with Crippen molar-refractivity contribution in [3.63, 3.8) is 0 Å². The zero-order valence-electron chi connectivity index (χ0n) is 24.4. The normalized spacial score (nSPS) is 11.5. The van der Waals surface area contributed by atoms with Crippen LogP contribution in [-0.2, 0) is 12.8 Å². The smallest absolute Gasteiger partial charge is 0.0114 e. The van der Waals surface area contributed by atoms with Crippen LogP contribution in [0.2, 0.25) is 0 Å². The van der Waals surface area contributed by atoms with Crippen molar-refractivity contribution < 1.29 is 0 Å². The maximum absolute atomic E-state index is 2.35. The molecule has 0 saturated heterocycles. The molecule has 0 atom stereocenters. The van der Waals surface area contributed by atoms with Gasteiger partial charge in [0.05, 0.1) is 0 Å². The fourth-order valence-electron chi connectivity index (χ4n) is 6.65. The number of rotatable bonds is 4. The average molecular weight is 455 g/mol. The van der Waals surface area contributed by atoms with Crippen LogP contribution in [0.25, 0.3) is 22.3 Å². The second kappa shape index (κ2) is 9.37. The first-order valence-corrected chi connectivity index (χ1v) is 13.1. The van der Waals surface area contributed by atoms with E-state index < -0.39 is 0 Å². The molecular formula is C34H46. The average Bonchev–Trinajstić information content (AvgIpc) is 2.80. The summed E-state index contributed by atoms with van der Waals surface area (Å²) in [5.74, 6) is 0. The van der Waals surface area contributed by atoms with Crippen molar-refractivity contribution in [1.29, 1.82) is 0 Å². The molecule has 3 aromatic rings. The highest BCUT2D eigenvalue weighted by Gasteiger charge is 2.25. The highest BCUT2D eigenvalue weighted by molar-refractivity contribution is 5.88. The van der Waals surface area contributed by atoms with Gasteiger partial charge >= 0.3 is 0 Å². The van der Waals surface area contributed by atoms with Crippen molar-refractivity contribution in [2.75, 3.05) is 0 Å². The third kappa shape index (κ3) is 3.65. The zero-order chi connectivity index (χ0) is 25.8. The molecule has 0 heteroatoms. The van der Waals surface area contributed by atoms with Crippen molar-refractivity contribution in [2.24, 2.45) is 0 Å². The first-order valence-electron chi connectivity index (χ1n) is 13.1. The molecule has 0 bridgehead atoms. The van der Waals surface area contributed by atoms with Gasteiger partial charge in [-0.1, -0.05) is 13.8 Å². The molecule has 0 radical (unpaired) electrons. The van der Waals surface area contributed by atoms with Crippen LogP contribution >= 0.6 is 0 Å². The predicted octanol–water partition coefficient (Wildman–Crippen LogP) is 9.85. The Morgan fingerprint density at radius 2 is 0.412 bits per heavy atom. The molecule has 34 heavy (non-hydrogen) atoms. The fourth-order valence-corrected chi connectivity index (χ4v) is 6.65. The molecule has 182 valence electrons. The fraction of sp³-hybridized carbons (Fsp3) is 0.471. The number of hydrogen-bond acceptors (Lipinski definition) is 0. The Morgan fingerprint density at radius 3 is 0.559 bits per heavy atom. The topological polar surface area (TPSA) is 0 Å². The van der Waals surface area contributed by atoms with Crippen molar-refractivity contribution >= 4 is 0 Å². The molecule has 0 aliphatic rings.